The molecule has 3 aromatic rings. The number of hydrogen-bond acceptors (Lipinski definition) is 2. The molecule has 2 heterocycles. The van der Waals surface area contributed by atoms with Crippen molar-refractivity contribution in [3.05, 3.63) is 53.7 Å². The van der Waals surface area contributed by atoms with E-state index in [2.05, 4.69) is 4.98 Å². The van der Waals surface area contributed by atoms with Crippen molar-refractivity contribution < 1.29 is 4.42 Å². The molecule has 0 aliphatic heterocycles. The molecule has 2 aromatic heterocycles. The Balaban J connectivity index is 2.19. The van der Waals surface area contributed by atoms with Crippen molar-refractivity contribution >= 4 is 22.6 Å². The first-order valence-electron chi connectivity index (χ1n) is 4.93. The van der Waals surface area contributed by atoms with Crippen LogP contribution in [-0.4, -0.2) is 4.98 Å². The average Bonchev–Trinajstić information content (AvgIpc) is 2.72. The number of rotatable bonds is 1. The molecule has 0 aliphatic carbocycles. The number of furan rings is 1. The predicted molar refractivity (Wildman–Crippen MR) is 64.5 cm³/mol. The zero-order valence-corrected chi connectivity index (χ0v) is 9.11. The normalized spacial score (nSPS) is 10.8. The molecular formula is C13H8ClNO. The van der Waals surface area contributed by atoms with Gasteiger partial charge >= 0.3 is 0 Å². The summed E-state index contributed by atoms with van der Waals surface area (Å²) in [5, 5.41) is 1.73. The zero-order valence-electron chi connectivity index (χ0n) is 8.35. The van der Waals surface area contributed by atoms with Gasteiger partial charge in [0.25, 0.3) is 0 Å². The van der Waals surface area contributed by atoms with E-state index < -0.39 is 0 Å². The van der Waals surface area contributed by atoms with Crippen LogP contribution in [0.4, 0.5) is 0 Å². The van der Waals surface area contributed by atoms with Crippen molar-refractivity contribution in [1.82, 2.24) is 4.98 Å². The number of fused-ring (bicyclic) bond motifs is 1. The van der Waals surface area contributed by atoms with E-state index in [1.807, 2.05) is 30.3 Å². The Morgan fingerprint density at radius 2 is 1.94 bits per heavy atom. The summed E-state index contributed by atoms with van der Waals surface area (Å²) in [7, 11) is 0. The van der Waals surface area contributed by atoms with E-state index in [-0.39, 0.29) is 0 Å². The molecule has 0 saturated carbocycles. The number of benzene rings is 1. The predicted octanol–water partition coefficient (Wildman–Crippen LogP) is 4.15. The Morgan fingerprint density at radius 1 is 1.06 bits per heavy atom. The van der Waals surface area contributed by atoms with E-state index in [0.717, 1.165) is 22.4 Å². The fraction of sp³-hybridized carbons (Fsp3) is 0. The third-order valence-electron chi connectivity index (χ3n) is 2.40. The van der Waals surface area contributed by atoms with Crippen molar-refractivity contribution in [3.63, 3.8) is 0 Å². The third-order valence-corrected chi connectivity index (χ3v) is 2.64. The van der Waals surface area contributed by atoms with E-state index in [1.54, 1.807) is 18.3 Å². The van der Waals surface area contributed by atoms with E-state index >= 15 is 0 Å². The average molecular weight is 230 g/mol. The molecule has 78 valence electrons. The van der Waals surface area contributed by atoms with Crippen molar-refractivity contribution in [3.8, 4) is 11.5 Å². The van der Waals surface area contributed by atoms with Gasteiger partial charge in [-0.1, -0.05) is 29.8 Å². The molecule has 0 aliphatic rings. The summed E-state index contributed by atoms with van der Waals surface area (Å²) in [5.74, 6) is 0.740. The second-order valence-electron chi connectivity index (χ2n) is 3.51. The van der Waals surface area contributed by atoms with Gasteiger partial charge in [-0.25, -0.2) is 0 Å². The molecule has 3 rings (SSSR count). The molecule has 0 unspecified atom stereocenters. The fourth-order valence-corrected chi connectivity index (χ4v) is 1.81. The molecule has 0 fully saturated rings. The van der Waals surface area contributed by atoms with Crippen LogP contribution in [0, 0.1) is 0 Å². The van der Waals surface area contributed by atoms with Crippen molar-refractivity contribution in [2.75, 3.05) is 0 Å². The zero-order chi connectivity index (χ0) is 11.0. The number of aromatic nitrogens is 1. The summed E-state index contributed by atoms with van der Waals surface area (Å²) in [6.45, 7) is 0. The van der Waals surface area contributed by atoms with Crippen LogP contribution in [-0.2, 0) is 0 Å². The van der Waals surface area contributed by atoms with Crippen LogP contribution in [0.3, 0.4) is 0 Å². The first-order valence-corrected chi connectivity index (χ1v) is 5.31. The maximum Gasteiger partial charge on any atom is 0.153 e. The highest BCUT2D eigenvalue weighted by Gasteiger charge is 2.06. The molecule has 16 heavy (non-hydrogen) atoms. The summed E-state index contributed by atoms with van der Waals surface area (Å²) < 4.78 is 5.69. The van der Waals surface area contributed by atoms with Gasteiger partial charge in [-0.05, 0) is 24.3 Å². The first kappa shape index (κ1) is 9.43. The number of hydrogen-bond donors (Lipinski definition) is 0. The Bertz CT molecular complexity index is 612. The van der Waals surface area contributed by atoms with Crippen LogP contribution >= 0.6 is 11.6 Å². The van der Waals surface area contributed by atoms with E-state index in [4.69, 9.17) is 16.0 Å². The molecule has 0 saturated heterocycles. The van der Waals surface area contributed by atoms with Gasteiger partial charge in [0.2, 0.25) is 0 Å². The highest BCUT2D eigenvalue weighted by atomic mass is 35.5. The van der Waals surface area contributed by atoms with Gasteiger partial charge in [-0.15, -0.1) is 0 Å². The molecular weight excluding hydrogens is 222 g/mol. The lowest BCUT2D eigenvalue weighted by molar-refractivity contribution is 0.629. The highest BCUT2D eigenvalue weighted by molar-refractivity contribution is 6.30. The van der Waals surface area contributed by atoms with E-state index in [1.165, 1.54) is 0 Å². The molecule has 0 amide bonds. The van der Waals surface area contributed by atoms with Crippen molar-refractivity contribution in [1.29, 1.82) is 0 Å². The number of halogens is 1. The van der Waals surface area contributed by atoms with Crippen molar-refractivity contribution in [2.45, 2.75) is 0 Å². The minimum absolute atomic E-state index is 0.658. The number of para-hydroxylation sites is 1. The quantitative estimate of drug-likeness (QED) is 0.627. The lowest BCUT2D eigenvalue weighted by Gasteiger charge is -1.95. The molecule has 0 bridgehead atoms. The first-order chi connectivity index (χ1) is 7.83. The van der Waals surface area contributed by atoms with Gasteiger partial charge < -0.3 is 4.42 Å². The Hall–Kier alpha value is -1.80. The standard InChI is InChI=1S/C13H8ClNO/c14-10-5-6-15-11(8-10)13-7-9-3-1-2-4-12(9)16-13/h1-8H. The minimum atomic E-state index is 0.658. The molecule has 0 N–H and O–H groups in total. The van der Waals surface area contributed by atoms with Crippen LogP contribution in [0.5, 0.6) is 0 Å². The molecule has 0 atom stereocenters. The summed E-state index contributed by atoms with van der Waals surface area (Å²) in [6.07, 6.45) is 1.67. The van der Waals surface area contributed by atoms with Gasteiger partial charge in [0.05, 0.1) is 0 Å². The van der Waals surface area contributed by atoms with Gasteiger partial charge in [0.1, 0.15) is 11.3 Å². The largest absolute Gasteiger partial charge is 0.454 e. The van der Waals surface area contributed by atoms with Crippen LogP contribution in [0.25, 0.3) is 22.4 Å². The minimum Gasteiger partial charge on any atom is -0.454 e. The second-order valence-corrected chi connectivity index (χ2v) is 3.94. The summed E-state index contributed by atoms with van der Waals surface area (Å²) >= 11 is 5.91. The SMILES string of the molecule is Clc1ccnc(-c2cc3ccccc3o2)c1. The third kappa shape index (κ3) is 1.57. The monoisotopic (exact) mass is 229 g/mol. The van der Waals surface area contributed by atoms with Crippen LogP contribution in [0.15, 0.2) is 53.1 Å². The Morgan fingerprint density at radius 3 is 2.75 bits per heavy atom. The van der Waals surface area contributed by atoms with Gasteiger partial charge in [-0.3, -0.25) is 4.98 Å². The highest BCUT2D eigenvalue weighted by Crippen LogP contribution is 2.27. The lowest BCUT2D eigenvalue weighted by atomic mass is 10.2. The Labute approximate surface area is 97.5 Å². The topological polar surface area (TPSA) is 26.0 Å². The summed E-state index contributed by atoms with van der Waals surface area (Å²) in [5.41, 5.74) is 1.61. The van der Waals surface area contributed by atoms with E-state index in [9.17, 15) is 0 Å². The van der Waals surface area contributed by atoms with Gasteiger partial charge in [0, 0.05) is 16.6 Å². The van der Waals surface area contributed by atoms with Gasteiger partial charge in [0.15, 0.2) is 5.76 Å². The van der Waals surface area contributed by atoms with Crippen LogP contribution < -0.4 is 0 Å². The van der Waals surface area contributed by atoms with Crippen molar-refractivity contribution in [2.24, 2.45) is 0 Å². The van der Waals surface area contributed by atoms with E-state index in [0.29, 0.717) is 5.02 Å². The molecule has 2 nitrogen and oxygen atoms in total. The fourth-order valence-electron chi connectivity index (χ4n) is 1.65. The molecule has 0 spiro atoms. The van der Waals surface area contributed by atoms with Crippen LogP contribution in [0.1, 0.15) is 0 Å². The molecule has 1 aromatic carbocycles. The maximum absolute atomic E-state index is 5.91. The Kier molecular flexibility index (Phi) is 2.15. The molecule has 0 radical (unpaired) electrons. The lowest BCUT2D eigenvalue weighted by Crippen LogP contribution is -1.78. The summed E-state index contributed by atoms with van der Waals surface area (Å²) in [4.78, 5) is 4.23. The number of nitrogens with zero attached hydrogens (tertiary/aromatic N) is 1. The summed E-state index contributed by atoms with van der Waals surface area (Å²) in [6, 6.07) is 13.4. The maximum atomic E-state index is 5.91. The number of pyridine rings is 1. The second kappa shape index (κ2) is 3.65. The van der Waals surface area contributed by atoms with Crippen LogP contribution in [0.2, 0.25) is 5.02 Å². The molecule has 3 heteroatoms. The smallest absolute Gasteiger partial charge is 0.153 e. The van der Waals surface area contributed by atoms with Gasteiger partial charge in [-0.2, -0.15) is 0 Å².